The molecule has 1 N–H and O–H groups in total. The van der Waals surface area contributed by atoms with Gasteiger partial charge in [-0.3, -0.25) is 0 Å². The Morgan fingerprint density at radius 3 is 2.71 bits per heavy atom. The molecule has 0 amide bonds. The first-order valence-corrected chi connectivity index (χ1v) is 4.79. The molecule has 0 aliphatic carbocycles. The lowest BCUT2D eigenvalue weighted by Crippen LogP contribution is -2.33. The van der Waals surface area contributed by atoms with Gasteiger partial charge in [0.15, 0.2) is 0 Å². The van der Waals surface area contributed by atoms with Crippen molar-refractivity contribution in [1.82, 2.24) is 5.32 Å². The third-order valence-electron chi connectivity index (χ3n) is 2.38. The molecule has 1 aromatic rings. The highest BCUT2D eigenvalue weighted by Gasteiger charge is 2.14. The smallest absolute Gasteiger partial charge is 0.0949 e. The topological polar surface area (TPSA) is 21.3 Å². The number of nitrogens with one attached hydrogen (secondary N) is 1. The monoisotopic (exact) mass is 187 g/mol. The summed E-state index contributed by atoms with van der Waals surface area (Å²) >= 11 is 0. The Labute approximate surface area is 84.3 Å². The summed E-state index contributed by atoms with van der Waals surface area (Å²) in [7, 11) is 0. The van der Waals surface area contributed by atoms with Crippen molar-refractivity contribution in [3.63, 3.8) is 0 Å². The Hall–Kier alpha value is -1.30. The summed E-state index contributed by atoms with van der Waals surface area (Å²) < 4.78 is 5.62. The van der Waals surface area contributed by atoms with Crippen LogP contribution in [0.25, 0.3) is 0 Å². The zero-order valence-electron chi connectivity index (χ0n) is 7.99. The minimum Gasteiger partial charge on any atom is -0.371 e. The third kappa shape index (κ3) is 1.95. The Kier molecular flexibility index (Phi) is 2.83. The van der Waals surface area contributed by atoms with E-state index in [1.165, 1.54) is 5.56 Å². The van der Waals surface area contributed by atoms with Crippen molar-refractivity contribution in [3.8, 4) is 12.3 Å². The van der Waals surface area contributed by atoms with Crippen LogP contribution in [0, 0.1) is 12.3 Å². The van der Waals surface area contributed by atoms with Gasteiger partial charge in [0.1, 0.15) is 0 Å². The number of hydrogen-bond donors (Lipinski definition) is 1. The van der Waals surface area contributed by atoms with Crippen LogP contribution in [0.2, 0.25) is 0 Å². The summed E-state index contributed by atoms with van der Waals surface area (Å²) in [5.41, 5.74) is 2.11. The fourth-order valence-electron chi connectivity index (χ4n) is 1.57. The molecule has 0 saturated carbocycles. The number of hydrogen-bond acceptors (Lipinski definition) is 2. The van der Waals surface area contributed by atoms with Crippen LogP contribution in [0.5, 0.6) is 0 Å². The number of morpholine rings is 1. The van der Waals surface area contributed by atoms with Gasteiger partial charge in [-0.25, -0.2) is 0 Å². The van der Waals surface area contributed by atoms with Crippen molar-refractivity contribution in [2.75, 3.05) is 19.7 Å². The predicted octanol–water partition coefficient (Wildman–Crippen LogP) is 1.33. The summed E-state index contributed by atoms with van der Waals surface area (Å²) in [6, 6.07) is 7.97. The second-order valence-electron chi connectivity index (χ2n) is 3.33. The molecule has 0 bridgehead atoms. The van der Waals surface area contributed by atoms with Crippen molar-refractivity contribution in [2.45, 2.75) is 6.10 Å². The van der Waals surface area contributed by atoms with Gasteiger partial charge >= 0.3 is 0 Å². The SMILES string of the molecule is C#Cc1ccc(C2CNCCO2)cc1. The van der Waals surface area contributed by atoms with E-state index >= 15 is 0 Å². The minimum atomic E-state index is 0.176. The lowest BCUT2D eigenvalue weighted by atomic mass is 10.1. The molecule has 1 fully saturated rings. The van der Waals surface area contributed by atoms with Gasteiger partial charge in [0, 0.05) is 18.7 Å². The van der Waals surface area contributed by atoms with Gasteiger partial charge in [-0.15, -0.1) is 6.42 Å². The van der Waals surface area contributed by atoms with E-state index < -0.39 is 0 Å². The second kappa shape index (κ2) is 4.28. The summed E-state index contributed by atoms with van der Waals surface area (Å²) in [6.07, 6.45) is 5.46. The average molecular weight is 187 g/mol. The molecule has 2 heteroatoms. The van der Waals surface area contributed by atoms with Crippen LogP contribution in [-0.2, 0) is 4.74 Å². The highest BCUT2D eigenvalue weighted by atomic mass is 16.5. The highest BCUT2D eigenvalue weighted by Crippen LogP contribution is 2.18. The first-order valence-electron chi connectivity index (χ1n) is 4.79. The maximum absolute atomic E-state index is 5.62. The minimum absolute atomic E-state index is 0.176. The molecule has 0 aromatic heterocycles. The zero-order valence-corrected chi connectivity index (χ0v) is 7.99. The zero-order chi connectivity index (χ0) is 9.80. The fourth-order valence-corrected chi connectivity index (χ4v) is 1.57. The fraction of sp³-hybridized carbons (Fsp3) is 0.333. The van der Waals surface area contributed by atoms with E-state index in [4.69, 9.17) is 11.2 Å². The number of rotatable bonds is 1. The maximum Gasteiger partial charge on any atom is 0.0949 e. The first kappa shape index (κ1) is 9.26. The van der Waals surface area contributed by atoms with Crippen LogP contribution in [0.15, 0.2) is 24.3 Å². The van der Waals surface area contributed by atoms with E-state index in [0.29, 0.717) is 0 Å². The largest absolute Gasteiger partial charge is 0.371 e. The van der Waals surface area contributed by atoms with Crippen LogP contribution in [-0.4, -0.2) is 19.7 Å². The van der Waals surface area contributed by atoms with Gasteiger partial charge in [0.2, 0.25) is 0 Å². The van der Waals surface area contributed by atoms with Crippen LogP contribution in [0.1, 0.15) is 17.2 Å². The van der Waals surface area contributed by atoms with Gasteiger partial charge in [-0.05, 0) is 17.7 Å². The molecule has 2 rings (SSSR count). The van der Waals surface area contributed by atoms with Gasteiger partial charge in [-0.1, -0.05) is 18.1 Å². The summed E-state index contributed by atoms with van der Waals surface area (Å²) in [4.78, 5) is 0. The second-order valence-corrected chi connectivity index (χ2v) is 3.33. The molecule has 1 heterocycles. The Balaban J connectivity index is 2.12. The molecule has 2 nitrogen and oxygen atoms in total. The van der Waals surface area contributed by atoms with Crippen molar-refractivity contribution in [1.29, 1.82) is 0 Å². The van der Waals surface area contributed by atoms with Crippen molar-refractivity contribution in [2.24, 2.45) is 0 Å². The highest BCUT2D eigenvalue weighted by molar-refractivity contribution is 5.35. The van der Waals surface area contributed by atoms with E-state index in [-0.39, 0.29) is 6.10 Å². The molecule has 0 spiro atoms. The summed E-state index contributed by atoms with van der Waals surface area (Å²) in [6.45, 7) is 2.61. The molecule has 1 aliphatic heterocycles. The lowest BCUT2D eigenvalue weighted by molar-refractivity contribution is 0.0277. The molecule has 0 radical (unpaired) electrons. The normalized spacial score (nSPS) is 21.5. The van der Waals surface area contributed by atoms with Gasteiger partial charge in [-0.2, -0.15) is 0 Å². The Morgan fingerprint density at radius 1 is 1.36 bits per heavy atom. The van der Waals surface area contributed by atoms with Crippen LogP contribution in [0.4, 0.5) is 0 Å². The first-order chi connectivity index (χ1) is 6.90. The number of benzene rings is 1. The molecule has 14 heavy (non-hydrogen) atoms. The summed E-state index contributed by atoms with van der Waals surface area (Å²) in [5, 5.41) is 3.30. The predicted molar refractivity (Wildman–Crippen MR) is 55.9 cm³/mol. The van der Waals surface area contributed by atoms with E-state index in [2.05, 4.69) is 11.2 Å². The molecule has 1 saturated heterocycles. The van der Waals surface area contributed by atoms with E-state index in [0.717, 1.165) is 25.3 Å². The van der Waals surface area contributed by atoms with Gasteiger partial charge in [0.05, 0.1) is 12.7 Å². The van der Waals surface area contributed by atoms with E-state index in [9.17, 15) is 0 Å². The average Bonchev–Trinajstić information content (AvgIpc) is 2.30. The standard InChI is InChI=1S/C12H13NO/c1-2-10-3-5-11(6-4-10)12-9-13-7-8-14-12/h1,3-6,12-13H,7-9H2. The molecule has 1 unspecified atom stereocenters. The van der Waals surface area contributed by atoms with Crippen LogP contribution >= 0.6 is 0 Å². The quantitative estimate of drug-likeness (QED) is 0.670. The van der Waals surface area contributed by atoms with Crippen LogP contribution in [0.3, 0.4) is 0 Å². The van der Waals surface area contributed by atoms with Gasteiger partial charge < -0.3 is 10.1 Å². The molecular weight excluding hydrogens is 174 g/mol. The Bertz CT molecular complexity index is 330. The van der Waals surface area contributed by atoms with Crippen molar-refractivity contribution < 1.29 is 4.74 Å². The Morgan fingerprint density at radius 2 is 2.14 bits per heavy atom. The van der Waals surface area contributed by atoms with E-state index in [1.54, 1.807) is 0 Å². The van der Waals surface area contributed by atoms with Crippen LogP contribution < -0.4 is 5.32 Å². The third-order valence-corrected chi connectivity index (χ3v) is 2.38. The van der Waals surface area contributed by atoms with Crippen molar-refractivity contribution in [3.05, 3.63) is 35.4 Å². The van der Waals surface area contributed by atoms with E-state index in [1.807, 2.05) is 24.3 Å². The molecule has 1 aromatic carbocycles. The number of terminal acetylenes is 1. The molecule has 72 valence electrons. The molecule has 1 atom stereocenters. The van der Waals surface area contributed by atoms with Crippen molar-refractivity contribution >= 4 is 0 Å². The lowest BCUT2D eigenvalue weighted by Gasteiger charge is -2.23. The summed E-state index contributed by atoms with van der Waals surface area (Å²) in [5.74, 6) is 2.60. The van der Waals surface area contributed by atoms with Gasteiger partial charge in [0.25, 0.3) is 0 Å². The molecular formula is C12H13NO. The number of ether oxygens (including phenoxy) is 1. The molecule has 1 aliphatic rings. The maximum atomic E-state index is 5.62.